The van der Waals surface area contributed by atoms with Crippen LogP contribution in [0.15, 0.2) is 0 Å². The molecule has 11 heteroatoms. The van der Waals surface area contributed by atoms with Crippen LogP contribution in [0.25, 0.3) is 0 Å². The summed E-state index contributed by atoms with van der Waals surface area (Å²) in [6.45, 7) is -0.500. The molecule has 0 rings (SSSR count). The Hall–Kier alpha value is -1.52. The van der Waals surface area contributed by atoms with Crippen molar-refractivity contribution in [2.24, 2.45) is 0 Å². The highest BCUT2D eigenvalue weighted by Crippen LogP contribution is 2.32. The molecule has 0 bridgehead atoms. The van der Waals surface area contributed by atoms with Gasteiger partial charge >= 0.3 is 12.4 Å². The zero-order valence-electron chi connectivity index (χ0n) is 7.16. The average molecular weight is 260 g/mol. The van der Waals surface area contributed by atoms with Crippen LogP contribution in [-0.4, -0.2) is 46.7 Å². The number of alkyl halides is 6. The number of hydrogen-bond acceptors (Lipinski definition) is 3. The molecular formula is C5H6F6O5. The van der Waals surface area contributed by atoms with Crippen LogP contribution < -0.4 is 0 Å². The highest BCUT2D eigenvalue weighted by atomic mass is 19.4. The third-order valence-electron chi connectivity index (χ3n) is 0.620. The van der Waals surface area contributed by atoms with Crippen molar-refractivity contribution in [3.05, 3.63) is 0 Å². The maximum Gasteiger partial charge on any atom is 0.423 e. The molecule has 0 aliphatic carbocycles. The molecule has 0 aliphatic rings. The van der Waals surface area contributed by atoms with Crippen LogP contribution in [0.3, 0.4) is 0 Å². The van der Waals surface area contributed by atoms with Crippen molar-refractivity contribution in [3.8, 4) is 0 Å². The minimum absolute atomic E-state index is 0.250. The molecule has 0 spiro atoms. The van der Waals surface area contributed by atoms with Crippen molar-refractivity contribution < 1.29 is 51.3 Å². The first-order valence-electron chi connectivity index (χ1n) is 2.96. The summed E-state index contributed by atoms with van der Waals surface area (Å²) in [7, 11) is 0. The molecule has 0 atom stereocenters. The van der Waals surface area contributed by atoms with E-state index in [0.29, 0.717) is 0 Å². The summed E-state index contributed by atoms with van der Waals surface area (Å²) < 4.78 is 65.9. The van der Waals surface area contributed by atoms with Gasteiger partial charge in [-0.2, -0.15) is 26.3 Å². The minimum Gasteiger partial charge on any atom is -0.483 e. The lowest BCUT2D eigenvalue weighted by Crippen LogP contribution is -2.41. The molecule has 98 valence electrons. The largest absolute Gasteiger partial charge is 0.483 e. The predicted octanol–water partition coefficient (Wildman–Crippen LogP) is 0.873. The molecule has 0 saturated heterocycles. The number of carboxylic acid groups (broad SMARTS) is 2. The second-order valence-electron chi connectivity index (χ2n) is 1.70. The topological polar surface area (TPSA) is 94.8 Å². The Balaban J connectivity index is -0.000000235. The highest BCUT2D eigenvalue weighted by Gasteiger charge is 2.55. The standard InChI is InChI=1S/C3H2F6O.2CH2O2/c4-2(5,6)1(10)3(7,8)9;2*2-1-3/h1,10H;2*1H,(H,2,3). The second kappa shape index (κ2) is 8.76. The summed E-state index contributed by atoms with van der Waals surface area (Å²) >= 11 is 0. The van der Waals surface area contributed by atoms with E-state index in [-0.39, 0.29) is 12.9 Å². The van der Waals surface area contributed by atoms with Crippen LogP contribution in [0.5, 0.6) is 0 Å². The van der Waals surface area contributed by atoms with E-state index in [1.54, 1.807) is 0 Å². The predicted molar refractivity (Wildman–Crippen MR) is 35.5 cm³/mol. The van der Waals surface area contributed by atoms with Crippen LogP contribution >= 0.6 is 0 Å². The van der Waals surface area contributed by atoms with E-state index in [2.05, 4.69) is 0 Å². The molecule has 16 heavy (non-hydrogen) atoms. The van der Waals surface area contributed by atoms with E-state index in [1.807, 2.05) is 0 Å². The molecule has 0 unspecified atom stereocenters. The van der Waals surface area contributed by atoms with Crippen molar-refractivity contribution in [1.29, 1.82) is 0 Å². The summed E-state index contributed by atoms with van der Waals surface area (Å²) in [6, 6.07) is 0. The fraction of sp³-hybridized carbons (Fsp3) is 0.600. The van der Waals surface area contributed by atoms with Gasteiger partial charge in [-0.25, -0.2) is 0 Å². The van der Waals surface area contributed by atoms with Crippen LogP contribution in [0.1, 0.15) is 0 Å². The lowest BCUT2D eigenvalue weighted by Gasteiger charge is -2.16. The Morgan fingerprint density at radius 2 is 0.938 bits per heavy atom. The Labute approximate surface area is 83.9 Å². The molecule has 3 N–H and O–H groups in total. The van der Waals surface area contributed by atoms with Gasteiger partial charge in [-0.3, -0.25) is 9.59 Å². The number of halogens is 6. The molecule has 0 aromatic carbocycles. The van der Waals surface area contributed by atoms with Gasteiger partial charge in [0.05, 0.1) is 0 Å². The summed E-state index contributed by atoms with van der Waals surface area (Å²) in [4.78, 5) is 16.7. The molecule has 0 radical (unpaired) electrons. The van der Waals surface area contributed by atoms with Gasteiger partial charge in [0.1, 0.15) is 0 Å². The Kier molecular flexibility index (Phi) is 10.9. The van der Waals surface area contributed by atoms with Gasteiger partial charge in [-0.15, -0.1) is 0 Å². The van der Waals surface area contributed by atoms with Crippen LogP contribution in [0.4, 0.5) is 26.3 Å². The molecule has 0 saturated carbocycles. The molecule has 0 aromatic heterocycles. The first-order chi connectivity index (χ1) is 6.98. The maximum absolute atomic E-state index is 11.0. The summed E-state index contributed by atoms with van der Waals surface area (Å²) in [6.07, 6.45) is -15.5. The van der Waals surface area contributed by atoms with Crippen LogP contribution in [0, 0.1) is 0 Å². The smallest absolute Gasteiger partial charge is 0.423 e. The van der Waals surface area contributed by atoms with Crippen LogP contribution in [0.2, 0.25) is 0 Å². The fourth-order valence-corrected chi connectivity index (χ4v) is 0.186. The normalized spacial score (nSPS) is 10.5. The van der Waals surface area contributed by atoms with Gasteiger partial charge in [-0.1, -0.05) is 0 Å². The SMILES string of the molecule is O=CO.O=CO.OC(C(F)(F)F)C(F)(F)F. The van der Waals surface area contributed by atoms with Crippen molar-refractivity contribution in [1.82, 2.24) is 0 Å². The van der Waals surface area contributed by atoms with E-state index in [4.69, 9.17) is 24.9 Å². The summed E-state index contributed by atoms with van der Waals surface area (Å²) in [5.74, 6) is 0. The van der Waals surface area contributed by atoms with Crippen molar-refractivity contribution in [3.63, 3.8) is 0 Å². The van der Waals surface area contributed by atoms with Crippen molar-refractivity contribution in [2.45, 2.75) is 18.5 Å². The van der Waals surface area contributed by atoms with Gasteiger partial charge in [0, 0.05) is 0 Å². The summed E-state index contributed by atoms with van der Waals surface area (Å²) in [5.41, 5.74) is 0. The molecular weight excluding hydrogens is 254 g/mol. The Morgan fingerprint density at radius 1 is 0.812 bits per heavy atom. The van der Waals surface area contributed by atoms with E-state index in [9.17, 15) is 26.3 Å². The van der Waals surface area contributed by atoms with Gasteiger partial charge < -0.3 is 15.3 Å². The molecule has 5 nitrogen and oxygen atoms in total. The molecule has 0 aromatic rings. The first-order valence-corrected chi connectivity index (χ1v) is 2.96. The lowest BCUT2D eigenvalue weighted by molar-refractivity contribution is -0.308. The van der Waals surface area contributed by atoms with Gasteiger partial charge in [0.25, 0.3) is 12.9 Å². The average Bonchev–Trinajstić information content (AvgIpc) is 2.02. The number of hydrogen-bond donors (Lipinski definition) is 3. The van der Waals surface area contributed by atoms with Crippen molar-refractivity contribution >= 4 is 12.9 Å². The zero-order valence-corrected chi connectivity index (χ0v) is 7.16. The van der Waals surface area contributed by atoms with E-state index in [1.165, 1.54) is 0 Å². The van der Waals surface area contributed by atoms with Gasteiger partial charge in [-0.05, 0) is 0 Å². The lowest BCUT2D eigenvalue weighted by atomic mass is 10.3. The van der Waals surface area contributed by atoms with Crippen molar-refractivity contribution in [2.75, 3.05) is 0 Å². The highest BCUT2D eigenvalue weighted by molar-refractivity contribution is 5.32. The number of carbonyl (C=O) groups is 2. The van der Waals surface area contributed by atoms with E-state index < -0.39 is 18.5 Å². The fourth-order valence-electron chi connectivity index (χ4n) is 0.186. The van der Waals surface area contributed by atoms with Crippen LogP contribution in [-0.2, 0) is 9.59 Å². The Bertz CT molecular complexity index is 167. The first kappa shape index (κ1) is 20.0. The number of rotatable bonds is 0. The molecule has 0 fully saturated rings. The number of aliphatic hydroxyl groups is 1. The third kappa shape index (κ3) is 15.0. The quantitative estimate of drug-likeness (QED) is 0.443. The van der Waals surface area contributed by atoms with E-state index >= 15 is 0 Å². The monoisotopic (exact) mass is 260 g/mol. The third-order valence-corrected chi connectivity index (χ3v) is 0.620. The molecule has 0 amide bonds. The number of aliphatic hydroxyl groups excluding tert-OH is 1. The maximum atomic E-state index is 11.0. The summed E-state index contributed by atoms with van der Waals surface area (Å²) in [5, 5.41) is 21.2. The minimum atomic E-state index is -5.63. The molecule has 0 heterocycles. The Morgan fingerprint density at radius 3 is 0.938 bits per heavy atom. The zero-order chi connectivity index (χ0) is 14.0. The van der Waals surface area contributed by atoms with E-state index in [0.717, 1.165) is 0 Å². The van der Waals surface area contributed by atoms with Gasteiger partial charge in [0.2, 0.25) is 6.10 Å². The van der Waals surface area contributed by atoms with Gasteiger partial charge in [0.15, 0.2) is 0 Å². The molecule has 0 aliphatic heterocycles. The second-order valence-corrected chi connectivity index (χ2v) is 1.70.